The molecule has 4 heteroatoms. The average Bonchev–Trinajstić information content (AvgIpc) is 2.87. The van der Waals surface area contributed by atoms with Crippen LogP contribution in [-0.2, 0) is 11.3 Å². The number of hydrogen-bond donors (Lipinski definition) is 1. The topological polar surface area (TPSA) is 45.5 Å². The molecule has 1 heterocycles. The van der Waals surface area contributed by atoms with Crippen molar-refractivity contribution in [3.05, 3.63) is 24.2 Å². The summed E-state index contributed by atoms with van der Waals surface area (Å²) < 4.78 is 5.16. The summed E-state index contributed by atoms with van der Waals surface area (Å²) in [5.41, 5.74) is 0. The van der Waals surface area contributed by atoms with Gasteiger partial charge in [-0.25, -0.2) is 0 Å². The molecule has 1 aromatic rings. The first-order valence-electron chi connectivity index (χ1n) is 6.77. The Bertz CT molecular complexity index is 317. The van der Waals surface area contributed by atoms with Crippen LogP contribution in [0, 0.1) is 0 Å². The monoisotopic (exact) mass is 252 g/mol. The highest BCUT2D eigenvalue weighted by Crippen LogP contribution is 2.00. The van der Waals surface area contributed by atoms with Crippen LogP contribution in [0.25, 0.3) is 0 Å². The predicted molar refractivity (Wildman–Crippen MR) is 72.2 cm³/mol. The van der Waals surface area contributed by atoms with Gasteiger partial charge >= 0.3 is 0 Å². The Balaban J connectivity index is 2.18. The molecule has 0 aliphatic heterocycles. The maximum Gasteiger partial charge on any atom is 0.221 e. The van der Waals surface area contributed by atoms with E-state index in [1.807, 2.05) is 12.1 Å². The van der Waals surface area contributed by atoms with Crippen LogP contribution in [-0.4, -0.2) is 30.4 Å². The van der Waals surface area contributed by atoms with Gasteiger partial charge in [-0.15, -0.1) is 0 Å². The quantitative estimate of drug-likeness (QED) is 0.734. The molecule has 0 bridgehead atoms. The SMILES string of the molecule is CCCN(CCC)CCC(=O)NCc1ccco1. The molecule has 0 unspecified atom stereocenters. The lowest BCUT2D eigenvalue weighted by molar-refractivity contribution is -0.121. The first-order chi connectivity index (χ1) is 8.76. The van der Waals surface area contributed by atoms with Crippen molar-refractivity contribution in [3.63, 3.8) is 0 Å². The third-order valence-corrected chi connectivity index (χ3v) is 2.77. The Kier molecular flexibility index (Phi) is 7.18. The zero-order chi connectivity index (χ0) is 13.2. The molecule has 1 aromatic heterocycles. The smallest absolute Gasteiger partial charge is 0.221 e. The fourth-order valence-corrected chi connectivity index (χ4v) is 1.91. The van der Waals surface area contributed by atoms with E-state index < -0.39 is 0 Å². The predicted octanol–water partition coefficient (Wildman–Crippen LogP) is 2.41. The largest absolute Gasteiger partial charge is 0.467 e. The van der Waals surface area contributed by atoms with E-state index in [2.05, 4.69) is 24.1 Å². The molecule has 1 amide bonds. The molecule has 0 saturated heterocycles. The summed E-state index contributed by atoms with van der Waals surface area (Å²) in [5, 5.41) is 2.87. The number of rotatable bonds is 9. The summed E-state index contributed by atoms with van der Waals surface area (Å²) in [7, 11) is 0. The van der Waals surface area contributed by atoms with Crippen molar-refractivity contribution in [2.75, 3.05) is 19.6 Å². The summed E-state index contributed by atoms with van der Waals surface area (Å²) in [4.78, 5) is 14.0. The van der Waals surface area contributed by atoms with Crippen molar-refractivity contribution in [3.8, 4) is 0 Å². The van der Waals surface area contributed by atoms with Crippen molar-refractivity contribution >= 4 is 5.91 Å². The first kappa shape index (κ1) is 14.8. The number of nitrogens with zero attached hydrogens (tertiary/aromatic N) is 1. The number of furan rings is 1. The molecule has 0 saturated carbocycles. The Morgan fingerprint density at radius 2 is 2.00 bits per heavy atom. The zero-order valence-corrected chi connectivity index (χ0v) is 11.4. The number of amides is 1. The maximum atomic E-state index is 11.7. The van der Waals surface area contributed by atoms with Crippen molar-refractivity contribution in [2.24, 2.45) is 0 Å². The molecule has 1 N–H and O–H groups in total. The van der Waals surface area contributed by atoms with Crippen molar-refractivity contribution in [1.82, 2.24) is 10.2 Å². The Hall–Kier alpha value is -1.29. The van der Waals surface area contributed by atoms with E-state index in [4.69, 9.17) is 4.42 Å². The Morgan fingerprint density at radius 3 is 2.56 bits per heavy atom. The molecule has 102 valence electrons. The summed E-state index contributed by atoms with van der Waals surface area (Å²) in [6, 6.07) is 3.69. The van der Waals surface area contributed by atoms with E-state index in [1.165, 1.54) is 0 Å². The Labute approximate surface area is 109 Å². The number of carbonyl (C=O) groups excluding carboxylic acids is 1. The van der Waals surface area contributed by atoms with E-state index in [0.29, 0.717) is 13.0 Å². The van der Waals surface area contributed by atoms with Gasteiger partial charge in [0.25, 0.3) is 0 Å². The molecule has 0 spiro atoms. The number of hydrogen-bond acceptors (Lipinski definition) is 3. The van der Waals surface area contributed by atoms with E-state index in [0.717, 1.165) is 38.2 Å². The van der Waals surface area contributed by atoms with Gasteiger partial charge in [-0.2, -0.15) is 0 Å². The molecule has 0 radical (unpaired) electrons. The number of nitrogens with one attached hydrogen (secondary N) is 1. The second kappa shape index (κ2) is 8.75. The van der Waals surface area contributed by atoms with Gasteiger partial charge in [-0.1, -0.05) is 13.8 Å². The van der Waals surface area contributed by atoms with Crippen LogP contribution in [0.2, 0.25) is 0 Å². The summed E-state index contributed by atoms with van der Waals surface area (Å²) >= 11 is 0. The van der Waals surface area contributed by atoms with E-state index in [9.17, 15) is 4.79 Å². The lowest BCUT2D eigenvalue weighted by atomic mass is 10.3. The third-order valence-electron chi connectivity index (χ3n) is 2.77. The van der Waals surface area contributed by atoms with Crippen LogP contribution in [0.1, 0.15) is 38.9 Å². The molecule has 0 atom stereocenters. The highest BCUT2D eigenvalue weighted by Gasteiger charge is 2.07. The molecule has 0 aliphatic carbocycles. The van der Waals surface area contributed by atoms with Crippen LogP contribution >= 0.6 is 0 Å². The van der Waals surface area contributed by atoms with E-state index in [-0.39, 0.29) is 5.91 Å². The minimum atomic E-state index is 0.0867. The minimum absolute atomic E-state index is 0.0867. The highest BCUT2D eigenvalue weighted by atomic mass is 16.3. The van der Waals surface area contributed by atoms with Gasteiger partial charge in [0.1, 0.15) is 5.76 Å². The van der Waals surface area contributed by atoms with Gasteiger partial charge < -0.3 is 14.6 Å². The summed E-state index contributed by atoms with van der Waals surface area (Å²) in [6.45, 7) is 7.79. The van der Waals surface area contributed by atoms with Crippen LogP contribution in [0.5, 0.6) is 0 Å². The molecule has 18 heavy (non-hydrogen) atoms. The van der Waals surface area contributed by atoms with Crippen molar-refractivity contribution < 1.29 is 9.21 Å². The maximum absolute atomic E-state index is 11.7. The van der Waals surface area contributed by atoms with Gasteiger partial charge in [0.2, 0.25) is 5.91 Å². The Morgan fingerprint density at radius 1 is 1.28 bits per heavy atom. The van der Waals surface area contributed by atoms with Gasteiger partial charge in [0.05, 0.1) is 12.8 Å². The molecule has 0 aliphatic rings. The zero-order valence-electron chi connectivity index (χ0n) is 11.4. The molecule has 0 aromatic carbocycles. The van der Waals surface area contributed by atoms with Gasteiger partial charge in [0, 0.05) is 13.0 Å². The lowest BCUT2D eigenvalue weighted by Crippen LogP contribution is -2.31. The summed E-state index contributed by atoms with van der Waals surface area (Å²) in [6.07, 6.45) is 4.44. The second-order valence-corrected chi connectivity index (χ2v) is 4.45. The average molecular weight is 252 g/mol. The molecular formula is C14H24N2O2. The highest BCUT2D eigenvalue weighted by molar-refractivity contribution is 5.75. The van der Waals surface area contributed by atoms with Gasteiger partial charge in [0.15, 0.2) is 0 Å². The van der Waals surface area contributed by atoms with Gasteiger partial charge in [-0.3, -0.25) is 4.79 Å². The first-order valence-corrected chi connectivity index (χ1v) is 6.77. The fraction of sp³-hybridized carbons (Fsp3) is 0.643. The number of carbonyl (C=O) groups is 1. The molecule has 4 nitrogen and oxygen atoms in total. The van der Waals surface area contributed by atoms with E-state index in [1.54, 1.807) is 6.26 Å². The van der Waals surface area contributed by atoms with E-state index >= 15 is 0 Å². The van der Waals surface area contributed by atoms with Crippen LogP contribution < -0.4 is 5.32 Å². The van der Waals surface area contributed by atoms with Gasteiger partial charge in [-0.05, 0) is 38.1 Å². The van der Waals surface area contributed by atoms with Crippen molar-refractivity contribution in [1.29, 1.82) is 0 Å². The van der Waals surface area contributed by atoms with Crippen molar-refractivity contribution in [2.45, 2.75) is 39.7 Å². The van der Waals surface area contributed by atoms with Crippen LogP contribution in [0.15, 0.2) is 22.8 Å². The standard InChI is InChI=1S/C14H24N2O2/c1-3-8-16(9-4-2)10-7-14(17)15-12-13-6-5-11-18-13/h5-6,11H,3-4,7-10,12H2,1-2H3,(H,15,17). The fourth-order valence-electron chi connectivity index (χ4n) is 1.91. The van der Waals surface area contributed by atoms with Crippen LogP contribution in [0.4, 0.5) is 0 Å². The third kappa shape index (κ3) is 5.87. The normalized spacial score (nSPS) is 10.8. The molecule has 1 rings (SSSR count). The lowest BCUT2D eigenvalue weighted by Gasteiger charge is -2.20. The summed E-state index contributed by atoms with van der Waals surface area (Å²) in [5.74, 6) is 0.880. The molecular weight excluding hydrogens is 228 g/mol. The molecule has 0 fully saturated rings. The minimum Gasteiger partial charge on any atom is -0.467 e. The van der Waals surface area contributed by atoms with Crippen LogP contribution in [0.3, 0.4) is 0 Å². The second-order valence-electron chi connectivity index (χ2n) is 4.45.